The van der Waals surface area contributed by atoms with Crippen molar-refractivity contribution in [1.29, 1.82) is 0 Å². The van der Waals surface area contributed by atoms with Crippen molar-refractivity contribution in [2.45, 2.75) is 26.3 Å². The summed E-state index contributed by atoms with van der Waals surface area (Å²) in [6, 6.07) is 4.32. The third-order valence-corrected chi connectivity index (χ3v) is 6.05. The van der Waals surface area contributed by atoms with Gasteiger partial charge in [-0.25, -0.2) is 8.42 Å². The van der Waals surface area contributed by atoms with Crippen molar-refractivity contribution in [2.75, 3.05) is 25.1 Å². The molecule has 0 bridgehead atoms. The predicted octanol–water partition coefficient (Wildman–Crippen LogP) is 1.34. The number of carbonyl (C=O) groups excluding carboxylic acids is 1. The van der Waals surface area contributed by atoms with E-state index in [0.717, 1.165) is 0 Å². The maximum Gasteiger partial charge on any atom is 0.218 e. The fourth-order valence-corrected chi connectivity index (χ4v) is 4.01. The quantitative estimate of drug-likeness (QED) is 0.784. The first kappa shape index (κ1) is 17.1. The van der Waals surface area contributed by atoms with Crippen molar-refractivity contribution in [3.8, 4) is 0 Å². The van der Waals surface area contributed by atoms with Gasteiger partial charge in [0.25, 0.3) is 0 Å². The molecule has 0 saturated heterocycles. The Balaban J connectivity index is 2.50. The molecule has 0 aromatic carbocycles. The molecule has 1 aromatic rings. The SMILES string of the molecule is Cc1ccc([C@H](C)N(C)CCS(=O)(=O)CCC(N)=O)s1. The third-order valence-electron chi connectivity index (χ3n) is 3.25. The first-order valence-corrected chi connectivity index (χ1v) is 9.10. The van der Waals surface area contributed by atoms with E-state index in [1.807, 2.05) is 11.9 Å². The van der Waals surface area contributed by atoms with Gasteiger partial charge < -0.3 is 5.73 Å². The molecule has 0 aliphatic carbocycles. The lowest BCUT2D eigenvalue weighted by Crippen LogP contribution is -2.29. The molecule has 20 heavy (non-hydrogen) atoms. The number of sulfone groups is 1. The number of hydrogen-bond acceptors (Lipinski definition) is 5. The monoisotopic (exact) mass is 318 g/mol. The summed E-state index contributed by atoms with van der Waals surface area (Å²) < 4.78 is 23.5. The van der Waals surface area contributed by atoms with Crippen molar-refractivity contribution in [1.82, 2.24) is 4.90 Å². The number of nitrogens with two attached hydrogens (primary N) is 1. The Morgan fingerprint density at radius 3 is 2.55 bits per heavy atom. The van der Waals surface area contributed by atoms with E-state index in [9.17, 15) is 13.2 Å². The van der Waals surface area contributed by atoms with E-state index >= 15 is 0 Å². The van der Waals surface area contributed by atoms with Crippen LogP contribution in [0, 0.1) is 6.92 Å². The topological polar surface area (TPSA) is 80.5 Å². The molecule has 0 spiro atoms. The van der Waals surface area contributed by atoms with Gasteiger partial charge in [0.15, 0.2) is 9.84 Å². The summed E-state index contributed by atoms with van der Waals surface area (Å²) in [5.41, 5.74) is 4.97. The van der Waals surface area contributed by atoms with Crippen LogP contribution in [0.15, 0.2) is 12.1 Å². The van der Waals surface area contributed by atoms with E-state index in [-0.39, 0.29) is 24.0 Å². The highest BCUT2D eigenvalue weighted by Crippen LogP contribution is 2.26. The molecule has 0 aliphatic rings. The molecule has 2 N–H and O–H groups in total. The second kappa shape index (κ2) is 7.19. The molecular weight excluding hydrogens is 296 g/mol. The summed E-state index contributed by atoms with van der Waals surface area (Å²) in [6.07, 6.45) is -0.105. The molecule has 5 nitrogen and oxygen atoms in total. The van der Waals surface area contributed by atoms with Crippen LogP contribution in [0.4, 0.5) is 0 Å². The minimum absolute atomic E-state index is 0.0471. The molecule has 1 rings (SSSR count). The van der Waals surface area contributed by atoms with Crippen molar-refractivity contribution in [3.63, 3.8) is 0 Å². The standard InChI is InChI=1S/C13H22N2O3S2/c1-10-4-5-12(19-10)11(2)15(3)7-9-20(17,18)8-6-13(14)16/h4-5,11H,6-9H2,1-3H3,(H2,14,16)/t11-/m0/s1. The van der Waals surface area contributed by atoms with Gasteiger partial charge in [0.1, 0.15) is 0 Å². The summed E-state index contributed by atoms with van der Waals surface area (Å²) in [5, 5.41) is 0. The average Bonchev–Trinajstić information content (AvgIpc) is 2.79. The van der Waals surface area contributed by atoms with Crippen molar-refractivity contribution in [3.05, 3.63) is 21.9 Å². The lowest BCUT2D eigenvalue weighted by Gasteiger charge is -2.23. The minimum atomic E-state index is -3.22. The van der Waals surface area contributed by atoms with Crippen LogP contribution in [-0.4, -0.2) is 44.3 Å². The molecule has 0 aliphatic heterocycles. The Morgan fingerprint density at radius 2 is 2.05 bits per heavy atom. The first-order chi connectivity index (χ1) is 9.21. The minimum Gasteiger partial charge on any atom is -0.370 e. The fraction of sp³-hybridized carbons (Fsp3) is 0.615. The second-order valence-corrected chi connectivity index (χ2v) is 8.60. The van der Waals surface area contributed by atoms with Crippen molar-refractivity contribution >= 4 is 27.1 Å². The van der Waals surface area contributed by atoms with Crippen LogP contribution in [0.2, 0.25) is 0 Å². The van der Waals surface area contributed by atoms with Crippen LogP contribution < -0.4 is 5.73 Å². The zero-order chi connectivity index (χ0) is 15.3. The van der Waals surface area contributed by atoms with Gasteiger partial charge in [0.05, 0.1) is 11.5 Å². The summed E-state index contributed by atoms with van der Waals surface area (Å²) in [6.45, 7) is 4.55. The highest BCUT2D eigenvalue weighted by Gasteiger charge is 2.17. The van der Waals surface area contributed by atoms with Gasteiger partial charge in [-0.05, 0) is 33.0 Å². The van der Waals surface area contributed by atoms with E-state index in [0.29, 0.717) is 6.54 Å². The Morgan fingerprint density at radius 1 is 1.40 bits per heavy atom. The van der Waals surface area contributed by atoms with Crippen LogP contribution in [0.3, 0.4) is 0 Å². The number of primary amides is 1. The normalized spacial score (nSPS) is 13.6. The molecule has 0 unspecified atom stereocenters. The van der Waals surface area contributed by atoms with Gasteiger partial charge in [0, 0.05) is 28.8 Å². The molecule has 1 aromatic heterocycles. The molecule has 1 heterocycles. The molecule has 1 amide bonds. The van der Waals surface area contributed by atoms with Gasteiger partial charge in [-0.15, -0.1) is 11.3 Å². The molecule has 114 valence electrons. The van der Waals surface area contributed by atoms with E-state index in [4.69, 9.17) is 5.73 Å². The highest BCUT2D eigenvalue weighted by atomic mass is 32.2. The smallest absolute Gasteiger partial charge is 0.218 e. The lowest BCUT2D eigenvalue weighted by molar-refractivity contribution is -0.117. The Hall–Kier alpha value is -0.920. The number of amides is 1. The Kier molecular flexibility index (Phi) is 6.16. The zero-order valence-corrected chi connectivity index (χ0v) is 13.8. The van der Waals surface area contributed by atoms with Crippen molar-refractivity contribution < 1.29 is 13.2 Å². The van der Waals surface area contributed by atoms with Crippen LogP contribution in [0.25, 0.3) is 0 Å². The Labute approximate surface area is 124 Å². The molecule has 1 atom stereocenters. The largest absolute Gasteiger partial charge is 0.370 e. The van der Waals surface area contributed by atoms with Gasteiger partial charge in [0.2, 0.25) is 5.91 Å². The molecule has 7 heteroatoms. The average molecular weight is 318 g/mol. The van der Waals surface area contributed by atoms with Crippen LogP contribution in [0.5, 0.6) is 0 Å². The van der Waals surface area contributed by atoms with Crippen molar-refractivity contribution in [2.24, 2.45) is 5.73 Å². The molecular formula is C13H22N2O3S2. The zero-order valence-electron chi connectivity index (χ0n) is 12.1. The second-order valence-electron chi connectivity index (χ2n) is 4.97. The summed E-state index contributed by atoms with van der Waals surface area (Å²) >= 11 is 1.72. The molecule has 0 radical (unpaired) electrons. The fourth-order valence-electron chi connectivity index (χ4n) is 1.73. The van der Waals surface area contributed by atoms with Gasteiger partial charge in [-0.3, -0.25) is 9.69 Å². The summed E-state index contributed by atoms with van der Waals surface area (Å²) in [7, 11) is -1.32. The number of thiophene rings is 1. The third kappa shape index (κ3) is 5.60. The van der Waals surface area contributed by atoms with E-state index in [1.165, 1.54) is 9.75 Å². The van der Waals surface area contributed by atoms with Crippen LogP contribution in [-0.2, 0) is 14.6 Å². The van der Waals surface area contributed by atoms with E-state index in [1.54, 1.807) is 11.3 Å². The molecule has 0 saturated carbocycles. The molecule has 0 fully saturated rings. The highest BCUT2D eigenvalue weighted by molar-refractivity contribution is 7.91. The van der Waals surface area contributed by atoms with E-state index in [2.05, 4.69) is 26.0 Å². The summed E-state index contributed by atoms with van der Waals surface area (Å²) in [5.74, 6) is -0.696. The Bertz CT molecular complexity index is 552. The van der Waals surface area contributed by atoms with Gasteiger partial charge >= 0.3 is 0 Å². The van der Waals surface area contributed by atoms with Crippen LogP contribution >= 0.6 is 11.3 Å². The van der Waals surface area contributed by atoms with Crippen LogP contribution in [0.1, 0.15) is 29.1 Å². The maximum atomic E-state index is 11.8. The van der Waals surface area contributed by atoms with Gasteiger partial charge in [-0.2, -0.15) is 0 Å². The van der Waals surface area contributed by atoms with Gasteiger partial charge in [-0.1, -0.05) is 0 Å². The summed E-state index contributed by atoms with van der Waals surface area (Å²) in [4.78, 5) is 15.1. The lowest BCUT2D eigenvalue weighted by atomic mass is 10.2. The predicted molar refractivity (Wildman–Crippen MR) is 82.6 cm³/mol. The number of nitrogens with zero attached hydrogens (tertiary/aromatic N) is 1. The first-order valence-electron chi connectivity index (χ1n) is 6.46. The number of carbonyl (C=O) groups is 1. The number of rotatable bonds is 8. The number of hydrogen-bond donors (Lipinski definition) is 1. The number of aryl methyl sites for hydroxylation is 1. The van der Waals surface area contributed by atoms with E-state index < -0.39 is 15.7 Å². The maximum absolute atomic E-state index is 11.8.